The number of carbonyl (C=O) groups is 1. The maximum Gasteiger partial charge on any atom is 0.244 e. The summed E-state index contributed by atoms with van der Waals surface area (Å²) >= 11 is 3.34. The number of nitriles is 1. The summed E-state index contributed by atoms with van der Waals surface area (Å²) in [7, 11) is 0. The maximum absolute atomic E-state index is 12.1. The summed E-state index contributed by atoms with van der Waals surface area (Å²) in [5.41, 5.74) is 6.53. The van der Waals surface area contributed by atoms with Crippen LogP contribution in [0.25, 0.3) is 0 Å². The molecule has 1 fully saturated rings. The fraction of sp³-hybridized carbons (Fsp3) is 0.385. The Morgan fingerprint density at radius 3 is 2.67 bits per heavy atom. The number of benzene rings is 1. The molecule has 0 unspecified atom stereocenters. The van der Waals surface area contributed by atoms with Crippen LogP contribution in [0.15, 0.2) is 22.7 Å². The van der Waals surface area contributed by atoms with Crippen LogP contribution < -0.4 is 11.1 Å². The fourth-order valence-electron chi connectivity index (χ4n) is 2.17. The molecule has 4 nitrogen and oxygen atoms in total. The molecule has 0 aliphatic heterocycles. The van der Waals surface area contributed by atoms with Gasteiger partial charge in [-0.05, 0) is 47.0 Å². The van der Waals surface area contributed by atoms with Crippen molar-refractivity contribution in [3.8, 4) is 6.07 Å². The largest absolute Gasteiger partial charge is 0.323 e. The van der Waals surface area contributed by atoms with Crippen LogP contribution in [0.3, 0.4) is 0 Å². The van der Waals surface area contributed by atoms with Crippen LogP contribution >= 0.6 is 15.9 Å². The minimum absolute atomic E-state index is 0.148. The zero-order valence-corrected chi connectivity index (χ0v) is 11.5. The Bertz CT molecular complexity index is 515. The Morgan fingerprint density at radius 2 is 2.11 bits per heavy atom. The van der Waals surface area contributed by atoms with Gasteiger partial charge in [0.15, 0.2) is 0 Å². The average molecular weight is 308 g/mol. The van der Waals surface area contributed by atoms with E-state index in [0.29, 0.717) is 15.7 Å². The number of nitrogens with one attached hydrogen (secondary N) is 1. The molecule has 1 aliphatic rings. The van der Waals surface area contributed by atoms with Gasteiger partial charge in [0.05, 0.1) is 22.9 Å². The van der Waals surface area contributed by atoms with Crippen LogP contribution in [0.1, 0.15) is 31.2 Å². The summed E-state index contributed by atoms with van der Waals surface area (Å²) in [6, 6.07) is 7.09. The van der Waals surface area contributed by atoms with Crippen LogP contribution in [0, 0.1) is 11.3 Å². The van der Waals surface area contributed by atoms with Crippen LogP contribution in [-0.4, -0.2) is 11.4 Å². The van der Waals surface area contributed by atoms with E-state index in [0.717, 1.165) is 25.7 Å². The second kappa shape index (κ2) is 5.09. The lowest BCUT2D eigenvalue weighted by atomic mass is 9.98. The van der Waals surface area contributed by atoms with Crippen molar-refractivity contribution < 1.29 is 4.79 Å². The number of anilines is 1. The molecule has 94 valence electrons. The number of rotatable bonds is 2. The maximum atomic E-state index is 12.1. The summed E-state index contributed by atoms with van der Waals surface area (Å²) in [5.74, 6) is -0.148. The van der Waals surface area contributed by atoms with Crippen molar-refractivity contribution in [1.29, 1.82) is 5.26 Å². The first-order valence-electron chi connectivity index (χ1n) is 5.85. The average Bonchev–Trinajstić information content (AvgIpc) is 2.80. The number of hydrogen-bond donors (Lipinski definition) is 2. The Balaban J connectivity index is 2.15. The van der Waals surface area contributed by atoms with Crippen molar-refractivity contribution in [3.05, 3.63) is 28.2 Å². The molecular formula is C13H14BrN3O. The van der Waals surface area contributed by atoms with E-state index in [9.17, 15) is 4.79 Å². The van der Waals surface area contributed by atoms with Crippen molar-refractivity contribution in [2.75, 3.05) is 5.32 Å². The van der Waals surface area contributed by atoms with Gasteiger partial charge in [0.2, 0.25) is 5.91 Å². The predicted octanol–water partition coefficient (Wildman–Crippen LogP) is 2.53. The summed E-state index contributed by atoms with van der Waals surface area (Å²) < 4.78 is 0.691. The monoisotopic (exact) mass is 307 g/mol. The minimum Gasteiger partial charge on any atom is -0.323 e. The number of nitrogens with zero attached hydrogens (tertiary/aromatic N) is 1. The third-order valence-electron chi connectivity index (χ3n) is 3.29. The van der Waals surface area contributed by atoms with Gasteiger partial charge in [0.1, 0.15) is 0 Å². The lowest BCUT2D eigenvalue weighted by Crippen LogP contribution is -2.48. The summed E-state index contributed by atoms with van der Waals surface area (Å²) in [5, 5.41) is 11.6. The smallest absolute Gasteiger partial charge is 0.244 e. The summed E-state index contributed by atoms with van der Waals surface area (Å²) in [4.78, 5) is 12.1. The molecule has 0 saturated heterocycles. The first-order valence-corrected chi connectivity index (χ1v) is 6.64. The third kappa shape index (κ3) is 2.55. The zero-order valence-electron chi connectivity index (χ0n) is 9.87. The van der Waals surface area contributed by atoms with Crippen molar-refractivity contribution in [2.45, 2.75) is 31.2 Å². The molecule has 18 heavy (non-hydrogen) atoms. The topological polar surface area (TPSA) is 78.9 Å². The van der Waals surface area contributed by atoms with Gasteiger partial charge in [0, 0.05) is 4.47 Å². The molecule has 0 bridgehead atoms. The second-order valence-electron chi connectivity index (χ2n) is 4.62. The van der Waals surface area contributed by atoms with E-state index in [1.54, 1.807) is 18.2 Å². The Labute approximate surface area is 114 Å². The van der Waals surface area contributed by atoms with Gasteiger partial charge in [-0.25, -0.2) is 0 Å². The zero-order chi connectivity index (χ0) is 13.2. The highest BCUT2D eigenvalue weighted by atomic mass is 79.9. The Morgan fingerprint density at radius 1 is 1.44 bits per heavy atom. The highest BCUT2D eigenvalue weighted by Gasteiger charge is 2.37. The van der Waals surface area contributed by atoms with Crippen molar-refractivity contribution in [1.82, 2.24) is 0 Å². The number of hydrogen-bond acceptors (Lipinski definition) is 3. The van der Waals surface area contributed by atoms with Crippen molar-refractivity contribution in [2.24, 2.45) is 5.73 Å². The van der Waals surface area contributed by atoms with E-state index in [-0.39, 0.29) is 5.91 Å². The fourth-order valence-corrected chi connectivity index (χ4v) is 2.64. The molecule has 0 atom stereocenters. The van der Waals surface area contributed by atoms with E-state index >= 15 is 0 Å². The predicted molar refractivity (Wildman–Crippen MR) is 72.9 cm³/mol. The van der Waals surface area contributed by atoms with Crippen LogP contribution in [0.5, 0.6) is 0 Å². The molecule has 0 radical (unpaired) electrons. The summed E-state index contributed by atoms with van der Waals surface area (Å²) in [6.45, 7) is 0. The minimum atomic E-state index is -0.743. The molecule has 1 aromatic carbocycles. The first-order chi connectivity index (χ1) is 8.55. The molecule has 1 aromatic rings. The molecule has 5 heteroatoms. The van der Waals surface area contributed by atoms with Gasteiger partial charge in [-0.3, -0.25) is 4.79 Å². The van der Waals surface area contributed by atoms with E-state index in [4.69, 9.17) is 11.0 Å². The lowest BCUT2D eigenvalue weighted by Gasteiger charge is -2.22. The van der Waals surface area contributed by atoms with Gasteiger partial charge in [-0.15, -0.1) is 0 Å². The molecule has 1 amide bonds. The Kier molecular flexibility index (Phi) is 3.69. The molecular weight excluding hydrogens is 294 g/mol. The van der Waals surface area contributed by atoms with Gasteiger partial charge < -0.3 is 11.1 Å². The second-order valence-corrected chi connectivity index (χ2v) is 5.48. The van der Waals surface area contributed by atoms with Crippen LogP contribution in [-0.2, 0) is 4.79 Å². The molecule has 0 aromatic heterocycles. The molecule has 0 heterocycles. The van der Waals surface area contributed by atoms with E-state index in [2.05, 4.69) is 21.2 Å². The van der Waals surface area contributed by atoms with Crippen molar-refractivity contribution in [3.63, 3.8) is 0 Å². The van der Waals surface area contributed by atoms with Gasteiger partial charge >= 0.3 is 0 Å². The number of amides is 1. The first kappa shape index (κ1) is 13.1. The van der Waals surface area contributed by atoms with Gasteiger partial charge in [-0.2, -0.15) is 5.26 Å². The standard InChI is InChI=1S/C13H14BrN3O/c14-10-7-9(8-15)3-4-11(10)17-12(18)13(16)5-1-2-6-13/h3-4,7H,1-2,5-6,16H2,(H,17,18). The van der Waals surface area contributed by atoms with Gasteiger partial charge in [0.25, 0.3) is 0 Å². The highest BCUT2D eigenvalue weighted by Crippen LogP contribution is 2.30. The molecule has 0 spiro atoms. The van der Waals surface area contributed by atoms with E-state index in [1.165, 1.54) is 0 Å². The Hall–Kier alpha value is -1.38. The van der Waals surface area contributed by atoms with E-state index < -0.39 is 5.54 Å². The lowest BCUT2D eigenvalue weighted by molar-refractivity contribution is -0.121. The highest BCUT2D eigenvalue weighted by molar-refractivity contribution is 9.10. The van der Waals surface area contributed by atoms with Crippen LogP contribution in [0.2, 0.25) is 0 Å². The van der Waals surface area contributed by atoms with Gasteiger partial charge in [-0.1, -0.05) is 12.8 Å². The molecule has 2 rings (SSSR count). The number of halogens is 1. The molecule has 1 aliphatic carbocycles. The van der Waals surface area contributed by atoms with E-state index in [1.807, 2.05) is 6.07 Å². The normalized spacial score (nSPS) is 17.2. The van der Waals surface area contributed by atoms with Crippen molar-refractivity contribution >= 4 is 27.5 Å². The third-order valence-corrected chi connectivity index (χ3v) is 3.95. The summed E-state index contributed by atoms with van der Waals surface area (Å²) in [6.07, 6.45) is 3.45. The SMILES string of the molecule is N#Cc1ccc(NC(=O)C2(N)CCCC2)c(Br)c1. The number of nitrogens with two attached hydrogens (primary N) is 1. The molecule has 3 N–H and O–H groups in total. The quantitative estimate of drug-likeness (QED) is 0.881. The van der Waals surface area contributed by atoms with Crippen LogP contribution in [0.4, 0.5) is 5.69 Å². The molecule has 1 saturated carbocycles. The number of carbonyl (C=O) groups excluding carboxylic acids is 1.